The Bertz CT molecular complexity index is 580. The van der Waals surface area contributed by atoms with Crippen LogP contribution in [0.1, 0.15) is 29.2 Å². The lowest BCUT2D eigenvalue weighted by Gasteiger charge is -2.09. The van der Waals surface area contributed by atoms with E-state index in [0.717, 1.165) is 18.6 Å². The third-order valence-electron chi connectivity index (χ3n) is 3.56. The van der Waals surface area contributed by atoms with Gasteiger partial charge < -0.3 is 10.5 Å². The minimum absolute atomic E-state index is 0.209. The number of ether oxygens (including phenoxy) is 1. The molecule has 1 aliphatic rings. The topological polar surface area (TPSA) is 35.2 Å². The zero-order valence-corrected chi connectivity index (χ0v) is 12.8. The summed E-state index contributed by atoms with van der Waals surface area (Å²) in [5, 5.41) is 0. The van der Waals surface area contributed by atoms with E-state index < -0.39 is 0 Å². The van der Waals surface area contributed by atoms with Crippen LogP contribution in [0.3, 0.4) is 0 Å². The summed E-state index contributed by atoms with van der Waals surface area (Å²) in [6, 6.07) is 14.9. The Balaban J connectivity index is 1.69. The number of benzene rings is 2. The number of aryl methyl sites for hydroxylation is 1. The van der Waals surface area contributed by atoms with Crippen molar-refractivity contribution in [3.05, 3.63) is 62.7 Å². The molecule has 2 nitrogen and oxygen atoms in total. The quantitative estimate of drug-likeness (QED) is 0.840. The Morgan fingerprint density at radius 1 is 1.16 bits per heavy atom. The van der Waals surface area contributed by atoms with Crippen molar-refractivity contribution in [1.82, 2.24) is 0 Å². The molecular formula is C16H16INO. The van der Waals surface area contributed by atoms with Crippen LogP contribution in [0.15, 0.2) is 42.5 Å². The molecule has 0 fully saturated rings. The second kappa shape index (κ2) is 5.51. The molecule has 3 rings (SSSR count). The van der Waals surface area contributed by atoms with Crippen molar-refractivity contribution < 1.29 is 4.74 Å². The van der Waals surface area contributed by atoms with Crippen LogP contribution in [-0.2, 0) is 13.0 Å². The summed E-state index contributed by atoms with van der Waals surface area (Å²) in [5.41, 5.74) is 9.85. The maximum absolute atomic E-state index is 6.03. The van der Waals surface area contributed by atoms with Crippen molar-refractivity contribution in [1.29, 1.82) is 0 Å². The highest BCUT2D eigenvalue weighted by atomic mass is 127. The maximum Gasteiger partial charge on any atom is 0.120 e. The molecule has 19 heavy (non-hydrogen) atoms. The fourth-order valence-corrected chi connectivity index (χ4v) is 2.82. The van der Waals surface area contributed by atoms with Crippen LogP contribution in [-0.4, -0.2) is 0 Å². The molecule has 2 aromatic carbocycles. The second-order valence-electron chi connectivity index (χ2n) is 4.92. The van der Waals surface area contributed by atoms with Crippen molar-refractivity contribution in [2.45, 2.75) is 25.5 Å². The monoisotopic (exact) mass is 365 g/mol. The summed E-state index contributed by atoms with van der Waals surface area (Å²) in [4.78, 5) is 0. The van der Waals surface area contributed by atoms with Crippen molar-refractivity contribution in [3.63, 3.8) is 0 Å². The molecule has 0 bridgehead atoms. The first-order chi connectivity index (χ1) is 9.22. The highest BCUT2D eigenvalue weighted by Gasteiger charge is 2.18. The van der Waals surface area contributed by atoms with Crippen molar-refractivity contribution in [2.75, 3.05) is 0 Å². The molecule has 2 N–H and O–H groups in total. The summed E-state index contributed by atoms with van der Waals surface area (Å²) in [7, 11) is 0. The minimum atomic E-state index is 0.209. The molecule has 0 aliphatic heterocycles. The first-order valence-electron chi connectivity index (χ1n) is 6.48. The number of fused-ring (bicyclic) bond motifs is 1. The van der Waals surface area contributed by atoms with Gasteiger partial charge in [-0.2, -0.15) is 0 Å². The van der Waals surface area contributed by atoms with Gasteiger partial charge in [0.1, 0.15) is 12.4 Å². The maximum atomic E-state index is 6.03. The molecule has 0 saturated carbocycles. The van der Waals surface area contributed by atoms with Gasteiger partial charge in [0.05, 0.1) is 0 Å². The van der Waals surface area contributed by atoms with Gasteiger partial charge in [-0.15, -0.1) is 0 Å². The number of hydrogen-bond acceptors (Lipinski definition) is 2. The van der Waals surface area contributed by atoms with E-state index >= 15 is 0 Å². The summed E-state index contributed by atoms with van der Waals surface area (Å²) >= 11 is 2.31. The molecule has 0 saturated heterocycles. The van der Waals surface area contributed by atoms with Crippen LogP contribution in [0.5, 0.6) is 5.75 Å². The van der Waals surface area contributed by atoms with Crippen molar-refractivity contribution >= 4 is 22.6 Å². The Labute approximate surface area is 127 Å². The van der Waals surface area contributed by atoms with Gasteiger partial charge in [-0.05, 0) is 76.4 Å². The molecule has 3 heteroatoms. The van der Waals surface area contributed by atoms with E-state index in [0.29, 0.717) is 6.61 Å². The molecule has 0 aromatic heterocycles. The van der Waals surface area contributed by atoms with Gasteiger partial charge in [0.25, 0.3) is 0 Å². The highest BCUT2D eigenvalue weighted by molar-refractivity contribution is 14.1. The van der Waals surface area contributed by atoms with Crippen LogP contribution in [0, 0.1) is 3.57 Å². The van der Waals surface area contributed by atoms with E-state index in [1.807, 2.05) is 6.07 Å². The van der Waals surface area contributed by atoms with Gasteiger partial charge in [0, 0.05) is 9.61 Å². The van der Waals surface area contributed by atoms with Crippen LogP contribution in [0.2, 0.25) is 0 Å². The van der Waals surface area contributed by atoms with Gasteiger partial charge in [0.15, 0.2) is 0 Å². The lowest BCUT2D eigenvalue weighted by atomic mass is 10.1. The lowest BCUT2D eigenvalue weighted by Crippen LogP contribution is -2.05. The van der Waals surface area contributed by atoms with E-state index in [9.17, 15) is 0 Å². The summed E-state index contributed by atoms with van der Waals surface area (Å²) in [5.74, 6) is 0.936. The SMILES string of the molecule is N[C@H]1CCc2cc(OCc3ccc(I)cc3)ccc21. The first-order valence-corrected chi connectivity index (χ1v) is 7.56. The fourth-order valence-electron chi connectivity index (χ4n) is 2.46. The normalized spacial score (nSPS) is 17.3. The molecule has 1 atom stereocenters. The predicted molar refractivity (Wildman–Crippen MR) is 85.2 cm³/mol. The van der Waals surface area contributed by atoms with Gasteiger partial charge >= 0.3 is 0 Å². The Kier molecular flexibility index (Phi) is 3.75. The molecular weight excluding hydrogens is 349 g/mol. The van der Waals surface area contributed by atoms with Crippen LogP contribution >= 0.6 is 22.6 Å². The Morgan fingerprint density at radius 3 is 2.74 bits per heavy atom. The molecule has 0 amide bonds. The summed E-state index contributed by atoms with van der Waals surface area (Å²) in [6.07, 6.45) is 2.12. The van der Waals surface area contributed by atoms with E-state index in [4.69, 9.17) is 10.5 Å². The minimum Gasteiger partial charge on any atom is -0.489 e. The average Bonchev–Trinajstić information content (AvgIpc) is 2.79. The van der Waals surface area contributed by atoms with Gasteiger partial charge in [-0.3, -0.25) is 0 Å². The molecule has 1 aliphatic carbocycles. The molecule has 0 radical (unpaired) electrons. The number of nitrogens with two attached hydrogens (primary N) is 1. The van der Waals surface area contributed by atoms with E-state index in [1.165, 1.54) is 20.3 Å². The molecule has 98 valence electrons. The van der Waals surface area contributed by atoms with Gasteiger partial charge in [0.2, 0.25) is 0 Å². The number of halogens is 1. The Morgan fingerprint density at radius 2 is 1.95 bits per heavy atom. The standard InChI is InChI=1S/C16H16INO/c17-13-4-1-11(2-5-13)10-19-14-6-7-15-12(9-14)3-8-16(15)18/h1-2,4-7,9,16H,3,8,10,18H2/t16-/m0/s1. The lowest BCUT2D eigenvalue weighted by molar-refractivity contribution is 0.306. The first kappa shape index (κ1) is 12.9. The van der Waals surface area contributed by atoms with E-state index in [1.54, 1.807) is 0 Å². The molecule has 2 aromatic rings. The highest BCUT2D eigenvalue weighted by Crippen LogP contribution is 2.32. The van der Waals surface area contributed by atoms with E-state index in [-0.39, 0.29) is 6.04 Å². The van der Waals surface area contributed by atoms with Crippen LogP contribution in [0.25, 0.3) is 0 Å². The van der Waals surface area contributed by atoms with Crippen molar-refractivity contribution in [2.24, 2.45) is 5.73 Å². The van der Waals surface area contributed by atoms with E-state index in [2.05, 4.69) is 59.0 Å². The third kappa shape index (κ3) is 2.92. The zero-order valence-electron chi connectivity index (χ0n) is 10.6. The van der Waals surface area contributed by atoms with Crippen molar-refractivity contribution in [3.8, 4) is 5.75 Å². The number of hydrogen-bond donors (Lipinski definition) is 1. The summed E-state index contributed by atoms with van der Waals surface area (Å²) < 4.78 is 7.09. The number of rotatable bonds is 3. The third-order valence-corrected chi connectivity index (χ3v) is 4.28. The van der Waals surface area contributed by atoms with Gasteiger partial charge in [-0.1, -0.05) is 18.2 Å². The fraction of sp³-hybridized carbons (Fsp3) is 0.250. The van der Waals surface area contributed by atoms with Gasteiger partial charge in [-0.25, -0.2) is 0 Å². The summed E-state index contributed by atoms with van der Waals surface area (Å²) in [6.45, 7) is 0.613. The van der Waals surface area contributed by atoms with Crippen LogP contribution in [0.4, 0.5) is 0 Å². The molecule has 0 unspecified atom stereocenters. The molecule has 0 heterocycles. The van der Waals surface area contributed by atoms with Crippen LogP contribution < -0.4 is 10.5 Å². The second-order valence-corrected chi connectivity index (χ2v) is 6.17. The molecule has 0 spiro atoms. The predicted octanol–water partition coefficient (Wildman–Crippen LogP) is 3.82. The Hall–Kier alpha value is -1.07. The zero-order chi connectivity index (χ0) is 13.2. The average molecular weight is 365 g/mol. The smallest absolute Gasteiger partial charge is 0.120 e. The largest absolute Gasteiger partial charge is 0.489 e.